The number of allylic oxidation sites excluding steroid dienone is 3. The molecule has 2 heterocycles. The fraction of sp³-hybridized carbons (Fsp3) is 0.0333. The second-order valence-electron chi connectivity index (χ2n) is 16.6. The molecule has 0 atom stereocenters. The number of hydrogen-bond acceptors (Lipinski definition) is 2. The third kappa shape index (κ3) is 6.02. The van der Waals surface area contributed by atoms with Crippen molar-refractivity contribution in [2.75, 3.05) is 9.80 Å². The van der Waals surface area contributed by atoms with E-state index in [-0.39, 0.29) is 0 Å². The van der Waals surface area contributed by atoms with Crippen molar-refractivity contribution in [1.82, 2.24) is 0 Å². The molecule has 0 amide bonds. The van der Waals surface area contributed by atoms with E-state index in [1.807, 2.05) is 0 Å². The van der Waals surface area contributed by atoms with E-state index in [9.17, 15) is 0 Å². The lowest BCUT2D eigenvalue weighted by atomic mass is 9.59. The maximum absolute atomic E-state index is 7.24. The van der Waals surface area contributed by atoms with Crippen molar-refractivity contribution in [2.24, 2.45) is 0 Å². The molecule has 63 heavy (non-hydrogen) atoms. The molecule has 12 rings (SSSR count). The Morgan fingerprint density at radius 3 is 1.19 bits per heavy atom. The van der Waals surface area contributed by atoms with Gasteiger partial charge in [-0.05, 0) is 146 Å². The van der Waals surface area contributed by atoms with Crippen molar-refractivity contribution in [2.45, 2.75) is 11.8 Å². The van der Waals surface area contributed by atoms with Gasteiger partial charge in [-0.2, -0.15) is 0 Å². The predicted octanol–water partition coefficient (Wildman–Crippen LogP) is 16.5. The van der Waals surface area contributed by atoms with Gasteiger partial charge in [-0.25, -0.2) is 0 Å². The van der Waals surface area contributed by atoms with Crippen LogP contribution in [0.2, 0.25) is 5.02 Å². The van der Waals surface area contributed by atoms with Crippen molar-refractivity contribution in [3.05, 3.63) is 270 Å². The predicted molar refractivity (Wildman–Crippen MR) is 264 cm³/mol. The lowest BCUT2D eigenvalue weighted by molar-refractivity contribution is 0.679. The van der Waals surface area contributed by atoms with Gasteiger partial charge in [-0.15, -0.1) is 0 Å². The summed E-state index contributed by atoms with van der Waals surface area (Å²) in [6.07, 6.45) is 5.48. The summed E-state index contributed by atoms with van der Waals surface area (Å²) >= 11 is 7.24. The molecule has 9 aromatic carbocycles. The van der Waals surface area contributed by atoms with Crippen LogP contribution >= 0.6 is 11.6 Å². The van der Waals surface area contributed by atoms with E-state index in [4.69, 9.17) is 11.6 Å². The van der Waals surface area contributed by atoms with Gasteiger partial charge >= 0.3 is 0 Å². The lowest BCUT2D eigenvalue weighted by Gasteiger charge is -2.51. The summed E-state index contributed by atoms with van der Waals surface area (Å²) in [7, 11) is 0. The number of nitrogens with zero attached hydrogens (tertiary/aromatic N) is 2. The summed E-state index contributed by atoms with van der Waals surface area (Å²) in [5.41, 5.74) is 20.6. The van der Waals surface area contributed by atoms with Gasteiger partial charge < -0.3 is 9.80 Å². The largest absolute Gasteiger partial charge is 0.310 e. The van der Waals surface area contributed by atoms with Crippen LogP contribution in [0.15, 0.2) is 248 Å². The molecule has 1 aliphatic carbocycles. The molecule has 0 radical (unpaired) electrons. The van der Waals surface area contributed by atoms with Gasteiger partial charge in [0.05, 0.1) is 22.5 Å². The maximum Gasteiger partial charge on any atom is 0.0749 e. The van der Waals surface area contributed by atoms with E-state index in [1.165, 1.54) is 72.5 Å². The summed E-state index contributed by atoms with van der Waals surface area (Å²) < 4.78 is 0. The normalized spacial score (nSPS) is 14.3. The van der Waals surface area contributed by atoms with Gasteiger partial charge in [-0.1, -0.05) is 175 Å². The van der Waals surface area contributed by atoms with Gasteiger partial charge in [0, 0.05) is 22.1 Å². The van der Waals surface area contributed by atoms with Crippen LogP contribution in [0.3, 0.4) is 0 Å². The van der Waals surface area contributed by atoms with E-state index in [2.05, 4.69) is 246 Å². The summed E-state index contributed by atoms with van der Waals surface area (Å²) in [5, 5.41) is 0.711. The van der Waals surface area contributed by atoms with Crippen LogP contribution in [0.4, 0.5) is 28.4 Å². The van der Waals surface area contributed by atoms with Crippen LogP contribution in [0.25, 0.3) is 44.5 Å². The Morgan fingerprint density at radius 1 is 0.349 bits per heavy atom. The van der Waals surface area contributed by atoms with E-state index in [0.717, 1.165) is 34.9 Å². The zero-order valence-corrected chi connectivity index (χ0v) is 35.3. The number of hydrogen-bond donors (Lipinski definition) is 0. The minimum atomic E-state index is -0.708. The van der Waals surface area contributed by atoms with Crippen molar-refractivity contribution in [3.63, 3.8) is 0 Å². The van der Waals surface area contributed by atoms with E-state index < -0.39 is 5.41 Å². The summed E-state index contributed by atoms with van der Waals surface area (Å²) in [5.74, 6) is 0. The molecule has 0 aromatic heterocycles. The molecule has 2 nitrogen and oxygen atoms in total. The molecule has 3 aliphatic rings. The summed E-state index contributed by atoms with van der Waals surface area (Å²) in [4.78, 5) is 4.94. The number of fused-ring (bicyclic) bond motifs is 7. The Labute approximate surface area is 374 Å². The number of halogens is 1. The number of anilines is 5. The fourth-order valence-corrected chi connectivity index (χ4v) is 10.5. The molecule has 298 valence electrons. The van der Waals surface area contributed by atoms with E-state index in [0.29, 0.717) is 5.02 Å². The first-order valence-electron chi connectivity index (χ1n) is 21.7. The van der Waals surface area contributed by atoms with Crippen LogP contribution in [0.1, 0.15) is 23.1 Å². The van der Waals surface area contributed by atoms with Crippen molar-refractivity contribution in [1.29, 1.82) is 0 Å². The van der Waals surface area contributed by atoms with Gasteiger partial charge in [0.25, 0.3) is 0 Å². The van der Waals surface area contributed by atoms with Crippen LogP contribution < -0.4 is 9.80 Å². The molecule has 0 unspecified atom stereocenters. The summed E-state index contributed by atoms with van der Waals surface area (Å²) in [6.45, 7) is 0. The SMILES string of the molecule is Clc1ccc2c(c1)C1(C3=C(C=CC3)N2c2ccc(-c3ccccc3)cc2)c2cc(-c3ccccc3)ccc2N(c2ccc(-c3ccccc3)cc2)c2ccc(-c3ccccc3)cc21. The Hall–Kier alpha value is -7.65. The standard InChI is InChI=1S/C60H41ClN2/c61-49-30-37-59-55(40-49)60(52-22-13-23-56(52)62(59)50-31-24-45(25-32-50)41-14-5-1-6-15-41)53-38-47(43-18-9-3-10-19-43)28-35-57(53)63(51-33-26-46(27-34-51)42-16-7-2-8-17-42)58-36-29-48(39-54(58)60)44-20-11-4-12-21-44/h1-21,23-40H,22H2. The van der Waals surface area contributed by atoms with Crippen LogP contribution in [-0.4, -0.2) is 0 Å². The molecule has 0 N–H and O–H groups in total. The Morgan fingerprint density at radius 2 is 0.714 bits per heavy atom. The minimum Gasteiger partial charge on any atom is -0.310 e. The Bertz CT molecular complexity index is 3140. The van der Waals surface area contributed by atoms with Gasteiger partial charge in [0.2, 0.25) is 0 Å². The average molecular weight is 825 g/mol. The van der Waals surface area contributed by atoms with Crippen LogP contribution in [-0.2, 0) is 5.41 Å². The molecule has 3 heteroatoms. The zero-order chi connectivity index (χ0) is 41.9. The molecular formula is C60H41ClN2. The minimum absolute atomic E-state index is 0.708. The quantitative estimate of drug-likeness (QED) is 0.165. The molecule has 0 fully saturated rings. The van der Waals surface area contributed by atoms with Gasteiger partial charge in [0.15, 0.2) is 0 Å². The van der Waals surface area contributed by atoms with Crippen LogP contribution in [0, 0.1) is 0 Å². The monoisotopic (exact) mass is 824 g/mol. The first-order valence-corrected chi connectivity index (χ1v) is 22.0. The smallest absolute Gasteiger partial charge is 0.0749 e. The fourth-order valence-electron chi connectivity index (χ4n) is 10.3. The van der Waals surface area contributed by atoms with Crippen LogP contribution in [0.5, 0.6) is 0 Å². The summed E-state index contributed by atoms with van der Waals surface area (Å²) in [6, 6.07) is 81.6. The third-order valence-corrected chi connectivity index (χ3v) is 13.4. The van der Waals surface area contributed by atoms with E-state index in [1.54, 1.807) is 0 Å². The highest BCUT2D eigenvalue weighted by atomic mass is 35.5. The molecular weight excluding hydrogens is 784 g/mol. The second kappa shape index (κ2) is 15.1. The highest BCUT2D eigenvalue weighted by Gasteiger charge is 2.53. The third-order valence-electron chi connectivity index (χ3n) is 13.2. The maximum atomic E-state index is 7.24. The Kier molecular flexibility index (Phi) is 8.88. The molecule has 0 bridgehead atoms. The lowest BCUT2D eigenvalue weighted by Crippen LogP contribution is -2.43. The number of benzene rings is 9. The van der Waals surface area contributed by atoms with Gasteiger partial charge in [-0.3, -0.25) is 0 Å². The second-order valence-corrected chi connectivity index (χ2v) is 17.0. The van der Waals surface area contributed by atoms with Crippen molar-refractivity contribution in [3.8, 4) is 44.5 Å². The van der Waals surface area contributed by atoms with E-state index >= 15 is 0 Å². The first-order chi connectivity index (χ1) is 31.1. The molecule has 0 saturated heterocycles. The molecule has 0 saturated carbocycles. The number of rotatable bonds is 6. The first kappa shape index (κ1) is 37.1. The average Bonchev–Trinajstić information content (AvgIpc) is 3.85. The topological polar surface area (TPSA) is 6.48 Å². The van der Waals surface area contributed by atoms with Gasteiger partial charge in [0.1, 0.15) is 0 Å². The zero-order valence-electron chi connectivity index (χ0n) is 34.5. The highest BCUT2D eigenvalue weighted by molar-refractivity contribution is 6.30. The molecule has 2 aliphatic heterocycles. The van der Waals surface area contributed by atoms with Crippen molar-refractivity contribution < 1.29 is 0 Å². The highest BCUT2D eigenvalue weighted by Crippen LogP contribution is 2.65. The Balaban J connectivity index is 1.15. The molecule has 1 spiro atoms. The molecule has 9 aromatic rings. The van der Waals surface area contributed by atoms with Crippen molar-refractivity contribution >= 4 is 40.0 Å².